The minimum absolute atomic E-state index is 0.706. The third-order valence-corrected chi connectivity index (χ3v) is 4.43. The van der Waals surface area contributed by atoms with Gasteiger partial charge in [0.25, 0.3) is 0 Å². The van der Waals surface area contributed by atoms with Gasteiger partial charge < -0.3 is 19.0 Å². The Kier molecular flexibility index (Phi) is 3.79. The van der Waals surface area contributed by atoms with Gasteiger partial charge in [0.05, 0.1) is 19.3 Å². The first kappa shape index (κ1) is 14.3. The number of hydrogen-bond acceptors (Lipinski definition) is 4. The quantitative estimate of drug-likeness (QED) is 0.786. The van der Waals surface area contributed by atoms with Crippen molar-refractivity contribution < 1.29 is 9.15 Å². The number of furan rings is 1. The van der Waals surface area contributed by atoms with Crippen molar-refractivity contribution in [1.82, 2.24) is 14.9 Å². The van der Waals surface area contributed by atoms with Gasteiger partial charge in [-0.3, -0.25) is 0 Å². The Morgan fingerprint density at radius 3 is 3.13 bits per heavy atom. The van der Waals surface area contributed by atoms with E-state index in [9.17, 15) is 0 Å². The number of benzene rings is 1. The van der Waals surface area contributed by atoms with Crippen LogP contribution in [-0.4, -0.2) is 16.7 Å². The maximum atomic E-state index is 5.86. The van der Waals surface area contributed by atoms with Crippen LogP contribution in [0.25, 0.3) is 11.0 Å². The van der Waals surface area contributed by atoms with Crippen LogP contribution in [0.5, 0.6) is 5.75 Å². The maximum Gasteiger partial charge on any atom is 0.134 e. The van der Waals surface area contributed by atoms with E-state index in [1.165, 1.54) is 24.4 Å². The topological polar surface area (TPSA) is 52.2 Å². The molecule has 0 saturated carbocycles. The summed E-state index contributed by atoms with van der Waals surface area (Å²) in [4.78, 5) is 4.52. The van der Waals surface area contributed by atoms with Crippen LogP contribution in [0.3, 0.4) is 0 Å². The smallest absolute Gasteiger partial charge is 0.134 e. The monoisotopic (exact) mass is 311 g/mol. The average Bonchev–Trinajstić information content (AvgIpc) is 3.18. The minimum atomic E-state index is 0.706. The molecule has 0 radical (unpaired) electrons. The van der Waals surface area contributed by atoms with E-state index < -0.39 is 0 Å². The van der Waals surface area contributed by atoms with E-state index in [0.29, 0.717) is 6.54 Å². The molecule has 0 amide bonds. The van der Waals surface area contributed by atoms with E-state index in [0.717, 1.165) is 42.0 Å². The molecule has 3 aromatic rings. The standard InChI is InChI=1S/C18H21N3O2/c1-22-15-5-6-17-13(8-15)9-16(23-17)12-19-10-14-11-20-18-4-2-3-7-21(14)18/h5-6,8-9,11,19H,2-4,7,10,12H2,1H3. The molecule has 0 atom stereocenters. The Balaban J connectivity index is 1.42. The van der Waals surface area contributed by atoms with Gasteiger partial charge in [-0.25, -0.2) is 4.98 Å². The lowest BCUT2D eigenvalue weighted by Gasteiger charge is -2.16. The third kappa shape index (κ3) is 2.84. The Labute approximate surface area is 135 Å². The summed E-state index contributed by atoms with van der Waals surface area (Å²) in [7, 11) is 1.68. The summed E-state index contributed by atoms with van der Waals surface area (Å²) in [5.41, 5.74) is 2.15. The molecule has 23 heavy (non-hydrogen) atoms. The predicted octanol–water partition coefficient (Wildman–Crippen LogP) is 3.26. The van der Waals surface area contributed by atoms with Crippen LogP contribution in [0.1, 0.15) is 30.1 Å². The van der Waals surface area contributed by atoms with Gasteiger partial charge in [-0.2, -0.15) is 0 Å². The van der Waals surface area contributed by atoms with Crippen molar-refractivity contribution in [2.45, 2.75) is 38.9 Å². The number of fused-ring (bicyclic) bond motifs is 2. The highest BCUT2D eigenvalue weighted by atomic mass is 16.5. The summed E-state index contributed by atoms with van der Waals surface area (Å²) in [6.07, 6.45) is 5.61. The number of nitrogens with one attached hydrogen (secondary N) is 1. The van der Waals surface area contributed by atoms with Gasteiger partial charge >= 0.3 is 0 Å². The Morgan fingerprint density at radius 1 is 1.26 bits per heavy atom. The van der Waals surface area contributed by atoms with Crippen molar-refractivity contribution in [3.63, 3.8) is 0 Å². The molecule has 1 aliphatic heterocycles. The first-order valence-electron chi connectivity index (χ1n) is 8.14. The van der Waals surface area contributed by atoms with Crippen molar-refractivity contribution in [2.24, 2.45) is 0 Å². The van der Waals surface area contributed by atoms with Gasteiger partial charge in [-0.1, -0.05) is 0 Å². The van der Waals surface area contributed by atoms with E-state index in [4.69, 9.17) is 9.15 Å². The normalized spacial score (nSPS) is 14.1. The maximum absolute atomic E-state index is 5.86. The molecule has 0 unspecified atom stereocenters. The van der Waals surface area contributed by atoms with Crippen LogP contribution in [-0.2, 0) is 26.1 Å². The Morgan fingerprint density at radius 2 is 2.22 bits per heavy atom. The Bertz CT molecular complexity index is 819. The second-order valence-corrected chi connectivity index (χ2v) is 5.99. The molecule has 3 heterocycles. The highest BCUT2D eigenvalue weighted by Gasteiger charge is 2.13. The molecule has 1 aromatic carbocycles. The summed E-state index contributed by atoms with van der Waals surface area (Å²) in [5.74, 6) is 3.01. The van der Waals surface area contributed by atoms with Gasteiger partial charge in [0.2, 0.25) is 0 Å². The number of aromatic nitrogens is 2. The van der Waals surface area contributed by atoms with Crippen molar-refractivity contribution >= 4 is 11.0 Å². The van der Waals surface area contributed by atoms with Crippen LogP contribution in [0.4, 0.5) is 0 Å². The third-order valence-electron chi connectivity index (χ3n) is 4.43. The molecule has 0 saturated heterocycles. The van der Waals surface area contributed by atoms with Gasteiger partial charge in [-0.05, 0) is 37.1 Å². The van der Waals surface area contributed by atoms with Crippen LogP contribution < -0.4 is 10.1 Å². The van der Waals surface area contributed by atoms with Gasteiger partial charge in [0.15, 0.2) is 0 Å². The van der Waals surface area contributed by atoms with E-state index >= 15 is 0 Å². The molecular formula is C18H21N3O2. The summed E-state index contributed by atoms with van der Waals surface area (Å²) >= 11 is 0. The molecule has 0 bridgehead atoms. The van der Waals surface area contributed by atoms with Gasteiger partial charge in [0.1, 0.15) is 22.9 Å². The fourth-order valence-electron chi connectivity index (χ4n) is 3.22. The van der Waals surface area contributed by atoms with Crippen molar-refractivity contribution in [2.75, 3.05) is 7.11 Å². The lowest BCUT2D eigenvalue weighted by Crippen LogP contribution is -2.18. The first-order chi connectivity index (χ1) is 11.3. The van der Waals surface area contributed by atoms with E-state index in [1.807, 2.05) is 24.4 Å². The molecule has 0 spiro atoms. The molecule has 2 aromatic heterocycles. The number of aryl methyl sites for hydroxylation is 1. The number of ether oxygens (including phenoxy) is 1. The first-order valence-corrected chi connectivity index (χ1v) is 8.14. The number of nitrogens with zero attached hydrogens (tertiary/aromatic N) is 2. The summed E-state index contributed by atoms with van der Waals surface area (Å²) in [6.45, 7) is 2.61. The van der Waals surface area contributed by atoms with Crippen molar-refractivity contribution in [3.8, 4) is 5.75 Å². The summed E-state index contributed by atoms with van der Waals surface area (Å²) in [5, 5.41) is 4.53. The highest BCUT2D eigenvalue weighted by Crippen LogP contribution is 2.24. The number of rotatable bonds is 5. The molecule has 0 aliphatic carbocycles. The molecule has 1 N–H and O–H groups in total. The predicted molar refractivity (Wildman–Crippen MR) is 88.5 cm³/mol. The van der Waals surface area contributed by atoms with Crippen LogP contribution in [0.15, 0.2) is 34.9 Å². The SMILES string of the molecule is COc1ccc2oc(CNCc3cnc4n3CCCC4)cc2c1. The zero-order valence-corrected chi connectivity index (χ0v) is 13.3. The minimum Gasteiger partial charge on any atom is -0.497 e. The molecule has 1 aliphatic rings. The largest absolute Gasteiger partial charge is 0.497 e. The van der Waals surface area contributed by atoms with Gasteiger partial charge in [0, 0.05) is 31.1 Å². The lowest BCUT2D eigenvalue weighted by atomic mass is 10.1. The van der Waals surface area contributed by atoms with E-state index in [1.54, 1.807) is 7.11 Å². The molecular weight excluding hydrogens is 290 g/mol. The zero-order valence-electron chi connectivity index (χ0n) is 13.3. The lowest BCUT2D eigenvalue weighted by molar-refractivity contribution is 0.415. The highest BCUT2D eigenvalue weighted by molar-refractivity contribution is 5.79. The molecule has 5 heteroatoms. The number of imidazole rings is 1. The number of hydrogen-bond donors (Lipinski definition) is 1. The van der Waals surface area contributed by atoms with Crippen LogP contribution in [0, 0.1) is 0 Å². The fourth-order valence-corrected chi connectivity index (χ4v) is 3.22. The summed E-state index contributed by atoms with van der Waals surface area (Å²) in [6, 6.07) is 7.93. The molecule has 5 nitrogen and oxygen atoms in total. The molecule has 0 fully saturated rings. The van der Waals surface area contributed by atoms with E-state index in [-0.39, 0.29) is 0 Å². The average molecular weight is 311 g/mol. The Hall–Kier alpha value is -2.27. The van der Waals surface area contributed by atoms with Gasteiger partial charge in [-0.15, -0.1) is 0 Å². The van der Waals surface area contributed by atoms with E-state index in [2.05, 4.69) is 20.9 Å². The van der Waals surface area contributed by atoms with Crippen LogP contribution in [0.2, 0.25) is 0 Å². The summed E-state index contributed by atoms with van der Waals surface area (Å²) < 4.78 is 13.5. The van der Waals surface area contributed by atoms with Crippen molar-refractivity contribution in [3.05, 3.63) is 47.7 Å². The molecule has 4 rings (SSSR count). The second kappa shape index (κ2) is 6.08. The fraction of sp³-hybridized carbons (Fsp3) is 0.389. The molecule has 120 valence electrons. The van der Waals surface area contributed by atoms with Crippen molar-refractivity contribution in [1.29, 1.82) is 0 Å². The zero-order chi connectivity index (χ0) is 15.6. The second-order valence-electron chi connectivity index (χ2n) is 5.99. The number of methoxy groups -OCH3 is 1. The van der Waals surface area contributed by atoms with Crippen LogP contribution >= 0.6 is 0 Å².